The highest BCUT2D eigenvalue weighted by atomic mass is 16.3. The van der Waals surface area contributed by atoms with Gasteiger partial charge in [0.25, 0.3) is 0 Å². The molecule has 0 radical (unpaired) electrons. The molecule has 1 rings (SSSR count). The van der Waals surface area contributed by atoms with Crippen molar-refractivity contribution >= 4 is 0 Å². The summed E-state index contributed by atoms with van der Waals surface area (Å²) in [6.07, 6.45) is 0. The van der Waals surface area contributed by atoms with E-state index in [9.17, 15) is 5.11 Å². The summed E-state index contributed by atoms with van der Waals surface area (Å²) in [6.45, 7) is 10.7. The lowest BCUT2D eigenvalue weighted by molar-refractivity contribution is 0.298. The van der Waals surface area contributed by atoms with Gasteiger partial charge >= 0.3 is 0 Å². The summed E-state index contributed by atoms with van der Waals surface area (Å²) in [6, 6.07) is 7.71. The van der Waals surface area contributed by atoms with Crippen LogP contribution in [0.1, 0.15) is 32.4 Å². The van der Waals surface area contributed by atoms with Crippen LogP contribution in [0.2, 0.25) is 0 Å². The third-order valence-electron chi connectivity index (χ3n) is 3.14. The lowest BCUT2D eigenvalue weighted by atomic mass is 10.1. The molecule has 0 aromatic heterocycles. The van der Waals surface area contributed by atoms with Gasteiger partial charge in [0, 0.05) is 19.1 Å². The second-order valence-corrected chi connectivity index (χ2v) is 4.30. The summed E-state index contributed by atoms with van der Waals surface area (Å²) >= 11 is 0. The summed E-state index contributed by atoms with van der Waals surface area (Å²) in [5.41, 5.74) is 1.13. The Bertz CT molecular complexity index is 324. The highest BCUT2D eigenvalue weighted by Crippen LogP contribution is 2.17. The Balaban J connectivity index is 2.37. The molecule has 0 heterocycles. The van der Waals surface area contributed by atoms with Crippen LogP contribution in [0, 0.1) is 0 Å². The first-order valence-corrected chi connectivity index (χ1v) is 6.42. The fraction of sp³-hybridized carbons (Fsp3) is 0.571. The van der Waals surface area contributed by atoms with Crippen LogP contribution in [-0.4, -0.2) is 36.2 Å². The SMILES string of the molecule is CCN(CC)CCNC(C)c1cccc(O)c1. The molecular formula is C14H24N2O. The molecule has 1 aromatic rings. The first-order chi connectivity index (χ1) is 8.17. The maximum absolute atomic E-state index is 9.42. The highest BCUT2D eigenvalue weighted by Gasteiger charge is 2.05. The molecule has 2 N–H and O–H groups in total. The molecule has 0 aliphatic rings. The minimum absolute atomic E-state index is 0.276. The van der Waals surface area contributed by atoms with E-state index >= 15 is 0 Å². The monoisotopic (exact) mass is 236 g/mol. The number of benzene rings is 1. The third kappa shape index (κ3) is 4.75. The molecule has 96 valence electrons. The molecule has 3 heteroatoms. The van der Waals surface area contributed by atoms with Crippen molar-refractivity contribution in [2.75, 3.05) is 26.2 Å². The lowest BCUT2D eigenvalue weighted by Gasteiger charge is -2.20. The van der Waals surface area contributed by atoms with Gasteiger partial charge in [0.1, 0.15) is 5.75 Å². The van der Waals surface area contributed by atoms with Crippen molar-refractivity contribution in [3.8, 4) is 5.75 Å². The van der Waals surface area contributed by atoms with E-state index in [4.69, 9.17) is 0 Å². The number of likely N-dealkylation sites (N-methyl/N-ethyl adjacent to an activating group) is 1. The van der Waals surface area contributed by atoms with Crippen LogP contribution in [-0.2, 0) is 0 Å². The first kappa shape index (κ1) is 14.0. The van der Waals surface area contributed by atoms with Crippen molar-refractivity contribution in [2.24, 2.45) is 0 Å². The normalized spacial score (nSPS) is 12.9. The molecule has 3 nitrogen and oxygen atoms in total. The predicted molar refractivity (Wildman–Crippen MR) is 72.3 cm³/mol. The largest absolute Gasteiger partial charge is 0.508 e. The molecular weight excluding hydrogens is 212 g/mol. The molecule has 0 saturated heterocycles. The minimum atomic E-state index is 0.276. The summed E-state index contributed by atoms with van der Waals surface area (Å²) < 4.78 is 0. The van der Waals surface area contributed by atoms with Crippen LogP contribution in [0.4, 0.5) is 0 Å². The van der Waals surface area contributed by atoms with Crippen molar-refractivity contribution in [1.29, 1.82) is 0 Å². The van der Waals surface area contributed by atoms with E-state index < -0.39 is 0 Å². The zero-order valence-corrected chi connectivity index (χ0v) is 11.1. The summed E-state index contributed by atoms with van der Waals surface area (Å²) in [4.78, 5) is 2.39. The van der Waals surface area contributed by atoms with Gasteiger partial charge in [0.05, 0.1) is 0 Å². The average molecular weight is 236 g/mol. The molecule has 1 aromatic carbocycles. The molecule has 1 atom stereocenters. The molecule has 0 saturated carbocycles. The fourth-order valence-electron chi connectivity index (χ4n) is 1.89. The number of aromatic hydroxyl groups is 1. The Labute approximate surface area is 104 Å². The van der Waals surface area contributed by atoms with Gasteiger partial charge in [-0.25, -0.2) is 0 Å². The zero-order chi connectivity index (χ0) is 12.7. The third-order valence-corrected chi connectivity index (χ3v) is 3.14. The number of nitrogens with zero attached hydrogens (tertiary/aromatic N) is 1. The fourth-order valence-corrected chi connectivity index (χ4v) is 1.89. The number of phenolic OH excluding ortho intramolecular Hbond substituents is 1. The van der Waals surface area contributed by atoms with Gasteiger partial charge in [-0.2, -0.15) is 0 Å². The highest BCUT2D eigenvalue weighted by molar-refractivity contribution is 5.28. The van der Waals surface area contributed by atoms with Crippen molar-refractivity contribution in [3.63, 3.8) is 0 Å². The van der Waals surface area contributed by atoms with Crippen LogP contribution >= 0.6 is 0 Å². The molecule has 0 aliphatic carbocycles. The topological polar surface area (TPSA) is 35.5 Å². The van der Waals surface area contributed by atoms with Crippen LogP contribution in [0.25, 0.3) is 0 Å². The van der Waals surface area contributed by atoms with E-state index in [1.54, 1.807) is 6.07 Å². The summed E-state index contributed by atoms with van der Waals surface area (Å²) in [5, 5.41) is 12.9. The van der Waals surface area contributed by atoms with Crippen LogP contribution in [0.3, 0.4) is 0 Å². The van der Waals surface area contributed by atoms with E-state index in [1.807, 2.05) is 18.2 Å². The van der Waals surface area contributed by atoms with Crippen molar-refractivity contribution in [3.05, 3.63) is 29.8 Å². The predicted octanol–water partition coefficient (Wildman–Crippen LogP) is 2.38. The second kappa shape index (κ2) is 7.30. The molecule has 0 bridgehead atoms. The maximum atomic E-state index is 9.42. The average Bonchev–Trinajstić information content (AvgIpc) is 2.34. The Morgan fingerprint density at radius 3 is 2.59 bits per heavy atom. The molecule has 0 spiro atoms. The van der Waals surface area contributed by atoms with E-state index in [0.717, 1.165) is 31.7 Å². The summed E-state index contributed by atoms with van der Waals surface area (Å²) in [7, 11) is 0. The Morgan fingerprint density at radius 1 is 1.29 bits per heavy atom. The van der Waals surface area contributed by atoms with E-state index in [0.29, 0.717) is 5.75 Å². The smallest absolute Gasteiger partial charge is 0.115 e. The van der Waals surface area contributed by atoms with E-state index in [-0.39, 0.29) is 6.04 Å². The minimum Gasteiger partial charge on any atom is -0.508 e. The van der Waals surface area contributed by atoms with Crippen LogP contribution < -0.4 is 5.32 Å². The van der Waals surface area contributed by atoms with Crippen LogP contribution in [0.5, 0.6) is 5.75 Å². The van der Waals surface area contributed by atoms with E-state index in [1.165, 1.54) is 0 Å². The number of nitrogens with one attached hydrogen (secondary N) is 1. The molecule has 0 amide bonds. The van der Waals surface area contributed by atoms with E-state index in [2.05, 4.69) is 31.0 Å². The van der Waals surface area contributed by atoms with Gasteiger partial charge in [0.2, 0.25) is 0 Å². The molecule has 17 heavy (non-hydrogen) atoms. The van der Waals surface area contributed by atoms with Crippen molar-refractivity contribution in [2.45, 2.75) is 26.8 Å². The van der Waals surface area contributed by atoms with Gasteiger partial charge in [-0.05, 0) is 37.7 Å². The number of hydrogen-bond donors (Lipinski definition) is 2. The Hall–Kier alpha value is -1.06. The first-order valence-electron chi connectivity index (χ1n) is 6.42. The maximum Gasteiger partial charge on any atom is 0.115 e. The van der Waals surface area contributed by atoms with Crippen LogP contribution in [0.15, 0.2) is 24.3 Å². The van der Waals surface area contributed by atoms with Crippen molar-refractivity contribution < 1.29 is 5.11 Å². The van der Waals surface area contributed by atoms with Gasteiger partial charge < -0.3 is 15.3 Å². The van der Waals surface area contributed by atoms with Gasteiger partial charge in [-0.3, -0.25) is 0 Å². The standard InChI is InChI=1S/C14H24N2O/c1-4-16(5-2)10-9-15-12(3)13-7-6-8-14(17)11-13/h6-8,11-12,15,17H,4-5,9-10H2,1-3H3. The molecule has 0 aliphatic heterocycles. The van der Waals surface area contributed by atoms with Gasteiger partial charge in [-0.15, -0.1) is 0 Å². The molecule has 0 fully saturated rings. The van der Waals surface area contributed by atoms with Gasteiger partial charge in [0.15, 0.2) is 0 Å². The molecule has 1 unspecified atom stereocenters. The number of hydrogen-bond acceptors (Lipinski definition) is 3. The Kier molecular flexibility index (Phi) is 6.01. The second-order valence-electron chi connectivity index (χ2n) is 4.30. The number of phenols is 1. The quantitative estimate of drug-likeness (QED) is 0.763. The zero-order valence-electron chi connectivity index (χ0n) is 11.1. The van der Waals surface area contributed by atoms with Crippen molar-refractivity contribution in [1.82, 2.24) is 10.2 Å². The van der Waals surface area contributed by atoms with Gasteiger partial charge in [-0.1, -0.05) is 26.0 Å². The lowest BCUT2D eigenvalue weighted by Crippen LogP contribution is -2.32. The summed E-state index contributed by atoms with van der Waals surface area (Å²) in [5.74, 6) is 0.333. The Morgan fingerprint density at radius 2 is 2.00 bits per heavy atom. The number of rotatable bonds is 7.